The molecule has 5 nitrogen and oxygen atoms in total. The SMILES string of the molecule is CC[C@H](NC(=O)COc1ccccc1C(N)=O)c1ccc(C)cc1. The fraction of sp³-hybridized carbons (Fsp3) is 0.263. The molecule has 0 heterocycles. The molecule has 2 aromatic carbocycles. The molecule has 0 saturated heterocycles. The fourth-order valence-electron chi connectivity index (χ4n) is 2.40. The van der Waals surface area contributed by atoms with Crippen molar-refractivity contribution >= 4 is 11.8 Å². The number of rotatable bonds is 7. The van der Waals surface area contributed by atoms with Gasteiger partial charge in [0.15, 0.2) is 6.61 Å². The largest absolute Gasteiger partial charge is 0.483 e. The molecule has 0 bridgehead atoms. The number of amides is 2. The first-order valence-electron chi connectivity index (χ1n) is 7.88. The second-order valence-corrected chi connectivity index (χ2v) is 5.59. The molecule has 0 aliphatic carbocycles. The number of benzene rings is 2. The number of hydrogen-bond donors (Lipinski definition) is 2. The number of para-hydroxylation sites is 1. The fourth-order valence-corrected chi connectivity index (χ4v) is 2.40. The van der Waals surface area contributed by atoms with E-state index in [2.05, 4.69) is 5.32 Å². The van der Waals surface area contributed by atoms with E-state index in [1.807, 2.05) is 38.1 Å². The first-order valence-corrected chi connectivity index (χ1v) is 7.88. The Morgan fingerprint density at radius 1 is 1.12 bits per heavy atom. The third-order valence-corrected chi connectivity index (χ3v) is 3.73. The Hall–Kier alpha value is -2.82. The van der Waals surface area contributed by atoms with Crippen LogP contribution in [0.15, 0.2) is 48.5 Å². The normalized spacial score (nSPS) is 11.6. The van der Waals surface area contributed by atoms with Gasteiger partial charge in [-0.25, -0.2) is 0 Å². The molecule has 0 aliphatic heterocycles. The summed E-state index contributed by atoms with van der Waals surface area (Å²) < 4.78 is 5.45. The molecule has 0 fully saturated rings. The molecule has 2 aromatic rings. The Balaban J connectivity index is 1.97. The van der Waals surface area contributed by atoms with Gasteiger partial charge < -0.3 is 15.8 Å². The molecule has 0 saturated carbocycles. The molecular weight excluding hydrogens is 304 g/mol. The highest BCUT2D eigenvalue weighted by Gasteiger charge is 2.14. The lowest BCUT2D eigenvalue weighted by molar-refractivity contribution is -0.123. The highest BCUT2D eigenvalue weighted by atomic mass is 16.5. The van der Waals surface area contributed by atoms with E-state index in [0.29, 0.717) is 5.75 Å². The van der Waals surface area contributed by atoms with Crippen molar-refractivity contribution in [3.63, 3.8) is 0 Å². The lowest BCUT2D eigenvalue weighted by Crippen LogP contribution is -2.32. The first-order chi connectivity index (χ1) is 11.5. The van der Waals surface area contributed by atoms with Crippen LogP contribution in [0.4, 0.5) is 0 Å². The van der Waals surface area contributed by atoms with Crippen molar-refractivity contribution in [2.45, 2.75) is 26.3 Å². The summed E-state index contributed by atoms with van der Waals surface area (Å²) in [7, 11) is 0. The number of aryl methyl sites for hydroxylation is 1. The monoisotopic (exact) mass is 326 g/mol. The number of ether oxygens (including phenoxy) is 1. The van der Waals surface area contributed by atoms with E-state index >= 15 is 0 Å². The van der Waals surface area contributed by atoms with Crippen LogP contribution in [-0.4, -0.2) is 18.4 Å². The van der Waals surface area contributed by atoms with Crippen molar-refractivity contribution in [3.8, 4) is 5.75 Å². The van der Waals surface area contributed by atoms with E-state index in [0.717, 1.165) is 12.0 Å². The lowest BCUT2D eigenvalue weighted by Gasteiger charge is -2.18. The molecule has 126 valence electrons. The van der Waals surface area contributed by atoms with Crippen molar-refractivity contribution in [2.75, 3.05) is 6.61 Å². The summed E-state index contributed by atoms with van der Waals surface area (Å²) in [6.07, 6.45) is 0.771. The third kappa shape index (κ3) is 4.59. The van der Waals surface area contributed by atoms with Crippen molar-refractivity contribution in [3.05, 3.63) is 65.2 Å². The Morgan fingerprint density at radius 3 is 2.42 bits per heavy atom. The Labute approximate surface area is 141 Å². The molecule has 24 heavy (non-hydrogen) atoms. The van der Waals surface area contributed by atoms with Gasteiger partial charge in [0.2, 0.25) is 0 Å². The van der Waals surface area contributed by atoms with Crippen LogP contribution < -0.4 is 15.8 Å². The van der Waals surface area contributed by atoms with E-state index < -0.39 is 5.91 Å². The molecule has 2 amide bonds. The van der Waals surface area contributed by atoms with Crippen LogP contribution in [0.25, 0.3) is 0 Å². The Bertz CT molecular complexity index is 711. The van der Waals surface area contributed by atoms with Crippen molar-refractivity contribution in [1.82, 2.24) is 5.32 Å². The van der Waals surface area contributed by atoms with Crippen LogP contribution in [0.5, 0.6) is 5.75 Å². The summed E-state index contributed by atoms with van der Waals surface area (Å²) in [5.41, 5.74) is 7.77. The molecule has 0 spiro atoms. The molecule has 0 radical (unpaired) electrons. The smallest absolute Gasteiger partial charge is 0.258 e. The van der Waals surface area contributed by atoms with E-state index in [9.17, 15) is 9.59 Å². The van der Waals surface area contributed by atoms with E-state index in [1.54, 1.807) is 24.3 Å². The minimum absolute atomic E-state index is 0.0758. The predicted octanol–water partition coefficient (Wildman–Crippen LogP) is 2.74. The van der Waals surface area contributed by atoms with Crippen LogP contribution in [0.2, 0.25) is 0 Å². The van der Waals surface area contributed by atoms with Gasteiger partial charge in [-0.15, -0.1) is 0 Å². The minimum Gasteiger partial charge on any atom is -0.483 e. The summed E-state index contributed by atoms with van der Waals surface area (Å²) in [6.45, 7) is 3.86. The number of primary amides is 1. The second kappa shape index (κ2) is 8.15. The number of carbonyl (C=O) groups excluding carboxylic acids is 2. The standard InChI is InChI=1S/C19H22N2O3/c1-3-16(14-10-8-13(2)9-11-14)21-18(22)12-24-17-7-5-4-6-15(17)19(20)23/h4-11,16H,3,12H2,1-2H3,(H2,20,23)(H,21,22)/t16-/m0/s1. The second-order valence-electron chi connectivity index (χ2n) is 5.59. The molecule has 0 aliphatic rings. The zero-order valence-corrected chi connectivity index (χ0v) is 13.9. The van der Waals surface area contributed by atoms with Crippen molar-refractivity contribution < 1.29 is 14.3 Å². The van der Waals surface area contributed by atoms with E-state index in [4.69, 9.17) is 10.5 Å². The highest BCUT2D eigenvalue weighted by molar-refractivity contribution is 5.95. The van der Waals surface area contributed by atoms with Gasteiger partial charge in [0.1, 0.15) is 5.75 Å². The van der Waals surface area contributed by atoms with Gasteiger partial charge in [0.25, 0.3) is 11.8 Å². The number of nitrogens with one attached hydrogen (secondary N) is 1. The van der Waals surface area contributed by atoms with Crippen LogP contribution in [-0.2, 0) is 4.79 Å². The molecule has 1 atom stereocenters. The average molecular weight is 326 g/mol. The maximum atomic E-state index is 12.2. The lowest BCUT2D eigenvalue weighted by atomic mass is 10.0. The first kappa shape index (κ1) is 17.5. The van der Waals surface area contributed by atoms with Crippen LogP contribution >= 0.6 is 0 Å². The highest BCUT2D eigenvalue weighted by Crippen LogP contribution is 2.19. The van der Waals surface area contributed by atoms with Gasteiger partial charge in [0, 0.05) is 0 Å². The minimum atomic E-state index is -0.586. The van der Waals surface area contributed by atoms with Gasteiger partial charge in [-0.2, -0.15) is 0 Å². The zero-order valence-electron chi connectivity index (χ0n) is 13.9. The summed E-state index contributed by atoms with van der Waals surface area (Å²) in [5, 5.41) is 2.94. The molecule has 2 rings (SSSR count). The van der Waals surface area contributed by atoms with Gasteiger partial charge >= 0.3 is 0 Å². The zero-order chi connectivity index (χ0) is 17.5. The van der Waals surface area contributed by atoms with Crippen molar-refractivity contribution in [1.29, 1.82) is 0 Å². The Kier molecular flexibility index (Phi) is 5.95. The third-order valence-electron chi connectivity index (χ3n) is 3.73. The number of nitrogens with two attached hydrogens (primary N) is 1. The van der Waals surface area contributed by atoms with Crippen LogP contribution in [0.3, 0.4) is 0 Å². The predicted molar refractivity (Wildman–Crippen MR) is 92.8 cm³/mol. The van der Waals surface area contributed by atoms with Crippen LogP contribution in [0, 0.1) is 6.92 Å². The molecule has 5 heteroatoms. The summed E-state index contributed by atoms with van der Waals surface area (Å²) in [4.78, 5) is 23.5. The number of carbonyl (C=O) groups is 2. The van der Waals surface area contributed by atoms with Crippen molar-refractivity contribution in [2.24, 2.45) is 5.73 Å². The molecular formula is C19H22N2O3. The summed E-state index contributed by atoms with van der Waals surface area (Å²) in [6, 6.07) is 14.6. The van der Waals surface area contributed by atoms with E-state index in [-0.39, 0.29) is 24.1 Å². The quantitative estimate of drug-likeness (QED) is 0.821. The topological polar surface area (TPSA) is 81.4 Å². The van der Waals surface area contributed by atoms with Gasteiger partial charge in [-0.1, -0.05) is 48.9 Å². The maximum Gasteiger partial charge on any atom is 0.258 e. The average Bonchev–Trinajstić information content (AvgIpc) is 2.59. The van der Waals surface area contributed by atoms with E-state index in [1.165, 1.54) is 5.56 Å². The maximum absolute atomic E-state index is 12.2. The summed E-state index contributed by atoms with van der Waals surface area (Å²) in [5.74, 6) is -0.526. The molecule has 0 unspecified atom stereocenters. The summed E-state index contributed by atoms with van der Waals surface area (Å²) >= 11 is 0. The number of hydrogen-bond acceptors (Lipinski definition) is 3. The van der Waals surface area contributed by atoms with Crippen LogP contribution in [0.1, 0.15) is 40.9 Å². The molecule has 0 aromatic heterocycles. The van der Waals surface area contributed by atoms with Gasteiger partial charge in [-0.05, 0) is 31.0 Å². The Morgan fingerprint density at radius 2 is 1.79 bits per heavy atom. The van der Waals surface area contributed by atoms with Gasteiger partial charge in [-0.3, -0.25) is 9.59 Å². The van der Waals surface area contributed by atoms with Gasteiger partial charge in [0.05, 0.1) is 11.6 Å². The molecule has 3 N–H and O–H groups in total.